The van der Waals surface area contributed by atoms with Gasteiger partial charge < -0.3 is 16.0 Å². The number of benzene rings is 1. The Morgan fingerprint density at radius 1 is 1.14 bits per heavy atom. The van der Waals surface area contributed by atoms with E-state index in [0.29, 0.717) is 29.3 Å². The van der Waals surface area contributed by atoms with Crippen molar-refractivity contribution in [2.75, 3.05) is 18.9 Å². The molecule has 0 fully saturated rings. The summed E-state index contributed by atoms with van der Waals surface area (Å²) >= 11 is 0. The van der Waals surface area contributed by atoms with Crippen LogP contribution in [0.1, 0.15) is 46.5 Å². The average molecular weight is 441 g/mol. The van der Waals surface area contributed by atoms with Crippen molar-refractivity contribution >= 4 is 42.3 Å². The van der Waals surface area contributed by atoms with E-state index < -0.39 is 0 Å². The summed E-state index contributed by atoms with van der Waals surface area (Å²) in [5, 5.41) is 2.88. The van der Waals surface area contributed by atoms with Gasteiger partial charge in [-0.05, 0) is 43.0 Å². The van der Waals surface area contributed by atoms with Gasteiger partial charge in [-0.3, -0.25) is 14.6 Å². The Bertz CT molecular complexity index is 801. The summed E-state index contributed by atoms with van der Waals surface area (Å²) in [4.78, 5) is 31.0. The van der Waals surface area contributed by atoms with Gasteiger partial charge in [0, 0.05) is 37.6 Å². The normalized spacial score (nSPS) is 11.1. The van der Waals surface area contributed by atoms with Crippen molar-refractivity contribution in [2.24, 2.45) is 11.7 Å². The van der Waals surface area contributed by atoms with Gasteiger partial charge in [0.1, 0.15) is 0 Å². The molecule has 0 radical (unpaired) electrons. The maximum atomic E-state index is 12.9. The van der Waals surface area contributed by atoms with Gasteiger partial charge in [-0.2, -0.15) is 0 Å². The molecular formula is C21H30Cl2N4O2. The monoisotopic (exact) mass is 440 g/mol. The number of aromatic nitrogens is 1. The fraction of sp³-hybridized carbons (Fsp3) is 0.381. The van der Waals surface area contributed by atoms with Gasteiger partial charge in [-0.25, -0.2) is 0 Å². The Morgan fingerprint density at radius 3 is 2.34 bits per heavy atom. The lowest BCUT2D eigenvalue weighted by atomic mass is 10.0. The molecule has 0 saturated heterocycles. The standard InChI is InChI=1S/C21H28N4O2.2ClH/c1-14(2)18(22)10-13-25(4)21(27)17-7-5-6-15(3)19(17)24-20(26)16-8-11-23-12-9-16;;/h5-9,11-12,14,18H,10,13,22H2,1-4H3,(H,24,26);2*1H. The van der Waals surface area contributed by atoms with Crippen LogP contribution in [0.3, 0.4) is 0 Å². The van der Waals surface area contributed by atoms with Crippen LogP contribution >= 0.6 is 24.8 Å². The van der Waals surface area contributed by atoms with E-state index in [1.54, 1.807) is 42.5 Å². The van der Waals surface area contributed by atoms with Gasteiger partial charge in [0.25, 0.3) is 11.8 Å². The third-order valence-corrected chi connectivity index (χ3v) is 4.69. The highest BCUT2D eigenvalue weighted by molar-refractivity contribution is 6.09. The lowest BCUT2D eigenvalue weighted by Gasteiger charge is -2.23. The first-order chi connectivity index (χ1) is 12.8. The third-order valence-electron chi connectivity index (χ3n) is 4.69. The largest absolute Gasteiger partial charge is 0.342 e. The second-order valence-electron chi connectivity index (χ2n) is 7.11. The predicted octanol–water partition coefficient (Wildman–Crippen LogP) is 3.93. The highest BCUT2D eigenvalue weighted by Gasteiger charge is 2.20. The smallest absolute Gasteiger partial charge is 0.255 e. The maximum Gasteiger partial charge on any atom is 0.255 e. The summed E-state index contributed by atoms with van der Waals surface area (Å²) in [5.74, 6) is -0.0485. The number of halogens is 2. The van der Waals surface area contributed by atoms with Crippen LogP contribution < -0.4 is 11.1 Å². The van der Waals surface area contributed by atoms with Gasteiger partial charge in [-0.15, -0.1) is 24.8 Å². The zero-order chi connectivity index (χ0) is 20.0. The maximum absolute atomic E-state index is 12.9. The summed E-state index contributed by atoms with van der Waals surface area (Å²) in [7, 11) is 1.76. The van der Waals surface area contributed by atoms with E-state index in [1.807, 2.05) is 19.1 Å². The lowest BCUT2D eigenvalue weighted by Crippen LogP contribution is -2.35. The van der Waals surface area contributed by atoms with Crippen molar-refractivity contribution in [3.63, 3.8) is 0 Å². The summed E-state index contributed by atoms with van der Waals surface area (Å²) < 4.78 is 0. The molecule has 1 unspecified atom stereocenters. The molecule has 2 rings (SSSR count). The van der Waals surface area contributed by atoms with Crippen LogP contribution in [-0.2, 0) is 0 Å². The van der Waals surface area contributed by atoms with E-state index in [4.69, 9.17) is 5.73 Å². The van der Waals surface area contributed by atoms with Crippen molar-refractivity contribution in [3.05, 3.63) is 59.4 Å². The van der Waals surface area contributed by atoms with Crippen LogP contribution in [-0.4, -0.2) is 41.3 Å². The number of rotatable bonds is 7. The fourth-order valence-electron chi connectivity index (χ4n) is 2.68. The van der Waals surface area contributed by atoms with Crippen LogP contribution in [0.5, 0.6) is 0 Å². The number of nitrogens with two attached hydrogens (primary N) is 1. The van der Waals surface area contributed by atoms with E-state index in [1.165, 1.54) is 0 Å². The average Bonchev–Trinajstić information content (AvgIpc) is 2.67. The third kappa shape index (κ3) is 7.31. The highest BCUT2D eigenvalue weighted by Crippen LogP contribution is 2.23. The Kier molecular flexibility index (Phi) is 11.5. The zero-order valence-electron chi connectivity index (χ0n) is 17.2. The van der Waals surface area contributed by atoms with E-state index >= 15 is 0 Å². The van der Waals surface area contributed by atoms with Gasteiger partial charge in [0.15, 0.2) is 0 Å². The minimum absolute atomic E-state index is 0. The molecule has 0 bridgehead atoms. The van der Waals surface area contributed by atoms with Crippen LogP contribution in [0, 0.1) is 12.8 Å². The summed E-state index contributed by atoms with van der Waals surface area (Å²) in [6, 6.07) is 8.73. The topological polar surface area (TPSA) is 88.3 Å². The van der Waals surface area contributed by atoms with Crippen molar-refractivity contribution in [1.29, 1.82) is 0 Å². The number of amides is 2. The first kappa shape index (κ1) is 26.9. The molecule has 1 aromatic carbocycles. The zero-order valence-corrected chi connectivity index (χ0v) is 18.8. The molecule has 3 N–H and O–H groups in total. The number of carbonyl (C=O) groups is 2. The molecule has 0 spiro atoms. The second-order valence-corrected chi connectivity index (χ2v) is 7.11. The predicted molar refractivity (Wildman–Crippen MR) is 122 cm³/mol. The van der Waals surface area contributed by atoms with Gasteiger partial charge in [0.2, 0.25) is 0 Å². The number of aryl methyl sites for hydroxylation is 1. The van der Waals surface area contributed by atoms with E-state index in [-0.39, 0.29) is 42.7 Å². The highest BCUT2D eigenvalue weighted by atomic mass is 35.5. The molecule has 2 aromatic rings. The first-order valence-corrected chi connectivity index (χ1v) is 9.13. The van der Waals surface area contributed by atoms with Crippen LogP contribution in [0.4, 0.5) is 5.69 Å². The summed E-state index contributed by atoms with van der Waals surface area (Å²) in [6.45, 7) is 6.57. The first-order valence-electron chi connectivity index (χ1n) is 9.13. The number of hydrogen-bond acceptors (Lipinski definition) is 4. The number of pyridine rings is 1. The SMILES string of the molecule is Cc1cccc(C(=O)N(C)CCC(N)C(C)C)c1NC(=O)c1ccncc1.Cl.Cl. The molecular weight excluding hydrogens is 411 g/mol. The summed E-state index contributed by atoms with van der Waals surface area (Å²) in [6.07, 6.45) is 3.85. The van der Waals surface area contributed by atoms with Gasteiger partial charge >= 0.3 is 0 Å². The Balaban J connectivity index is 0.00000392. The van der Waals surface area contributed by atoms with Crippen molar-refractivity contribution < 1.29 is 9.59 Å². The number of nitrogens with one attached hydrogen (secondary N) is 1. The molecule has 1 atom stereocenters. The summed E-state index contributed by atoms with van der Waals surface area (Å²) in [5.41, 5.74) is 8.41. The van der Waals surface area contributed by atoms with E-state index in [2.05, 4.69) is 24.1 Å². The van der Waals surface area contributed by atoms with Gasteiger partial charge in [-0.1, -0.05) is 26.0 Å². The molecule has 8 heteroatoms. The molecule has 2 amide bonds. The molecule has 0 aliphatic carbocycles. The molecule has 1 heterocycles. The second kappa shape index (κ2) is 12.4. The van der Waals surface area contributed by atoms with E-state index in [9.17, 15) is 9.59 Å². The quantitative estimate of drug-likeness (QED) is 0.682. The molecule has 29 heavy (non-hydrogen) atoms. The minimum Gasteiger partial charge on any atom is -0.342 e. The number of nitrogens with zero attached hydrogens (tertiary/aromatic N) is 2. The molecule has 6 nitrogen and oxygen atoms in total. The van der Waals surface area contributed by atoms with Crippen molar-refractivity contribution in [3.8, 4) is 0 Å². The number of hydrogen-bond donors (Lipinski definition) is 2. The van der Waals surface area contributed by atoms with Crippen LogP contribution in [0.15, 0.2) is 42.7 Å². The van der Waals surface area contributed by atoms with E-state index in [0.717, 1.165) is 12.0 Å². The Hall–Kier alpha value is -2.15. The minimum atomic E-state index is -0.273. The number of anilines is 1. The molecule has 0 saturated carbocycles. The molecule has 160 valence electrons. The Labute approximate surface area is 185 Å². The molecule has 1 aromatic heterocycles. The van der Waals surface area contributed by atoms with Crippen LogP contribution in [0.25, 0.3) is 0 Å². The van der Waals surface area contributed by atoms with Crippen molar-refractivity contribution in [2.45, 2.75) is 33.2 Å². The Morgan fingerprint density at radius 2 is 1.76 bits per heavy atom. The fourth-order valence-corrected chi connectivity index (χ4v) is 2.68. The lowest BCUT2D eigenvalue weighted by molar-refractivity contribution is 0.0790. The van der Waals surface area contributed by atoms with Gasteiger partial charge in [0.05, 0.1) is 11.3 Å². The van der Waals surface area contributed by atoms with Crippen LogP contribution in [0.2, 0.25) is 0 Å². The molecule has 0 aliphatic rings. The molecule has 0 aliphatic heterocycles. The van der Waals surface area contributed by atoms with Crippen molar-refractivity contribution in [1.82, 2.24) is 9.88 Å². The number of carbonyl (C=O) groups excluding carboxylic acids is 2. The number of para-hydroxylation sites is 1.